The van der Waals surface area contributed by atoms with Crippen molar-refractivity contribution < 1.29 is 9.59 Å². The van der Waals surface area contributed by atoms with Gasteiger partial charge in [0.25, 0.3) is 0 Å². The highest BCUT2D eigenvalue weighted by Gasteiger charge is 2.31. The van der Waals surface area contributed by atoms with Crippen molar-refractivity contribution in [1.29, 1.82) is 0 Å². The van der Waals surface area contributed by atoms with Crippen LogP contribution in [-0.4, -0.2) is 55.0 Å². The molecule has 5 heteroatoms. The maximum Gasteiger partial charge on any atom is 0.320 e. The molecule has 1 N–H and O–H groups in total. The summed E-state index contributed by atoms with van der Waals surface area (Å²) >= 11 is 0. The van der Waals surface area contributed by atoms with E-state index < -0.39 is 0 Å². The lowest BCUT2D eigenvalue weighted by Gasteiger charge is -2.38. The molecular weight excluding hydrogens is 242 g/mol. The highest BCUT2D eigenvalue weighted by Crippen LogP contribution is 2.21. The summed E-state index contributed by atoms with van der Waals surface area (Å²) in [6, 6.07) is 0.125. The Morgan fingerprint density at radius 1 is 1.05 bits per heavy atom. The van der Waals surface area contributed by atoms with Crippen molar-refractivity contribution in [2.24, 2.45) is 11.8 Å². The number of carbonyl (C=O) groups excluding carboxylic acids is 2. The molecule has 2 saturated heterocycles. The fourth-order valence-corrected chi connectivity index (χ4v) is 3.13. The smallest absolute Gasteiger partial charge is 0.320 e. The first-order valence-electron chi connectivity index (χ1n) is 7.37. The van der Waals surface area contributed by atoms with Crippen molar-refractivity contribution in [2.45, 2.75) is 32.6 Å². The first kappa shape index (κ1) is 14.2. The van der Waals surface area contributed by atoms with Crippen LogP contribution in [0.2, 0.25) is 0 Å². The molecule has 0 spiro atoms. The zero-order valence-electron chi connectivity index (χ0n) is 12.0. The maximum absolute atomic E-state index is 12.5. The number of likely N-dealkylation sites (tertiary alicyclic amines) is 2. The summed E-state index contributed by atoms with van der Waals surface area (Å²) in [6.45, 7) is 5.29. The summed E-state index contributed by atoms with van der Waals surface area (Å²) in [6.07, 6.45) is 4.12. The lowest BCUT2D eigenvalue weighted by Crippen LogP contribution is -2.52. The third-order valence-electron chi connectivity index (χ3n) is 4.24. The Morgan fingerprint density at radius 3 is 2.32 bits per heavy atom. The molecule has 108 valence electrons. The summed E-state index contributed by atoms with van der Waals surface area (Å²) < 4.78 is 0. The standard InChI is InChI=1S/C14H25N3O2/c1-11-5-3-7-16(9-11)14(19)17-8-4-6-12(10-17)13(18)15-2/h11-12H,3-10H2,1-2H3,(H,15,18). The van der Waals surface area contributed by atoms with Crippen molar-refractivity contribution in [3.05, 3.63) is 0 Å². The highest BCUT2D eigenvalue weighted by atomic mass is 16.2. The fourth-order valence-electron chi connectivity index (χ4n) is 3.13. The molecule has 2 fully saturated rings. The second-order valence-corrected chi connectivity index (χ2v) is 5.88. The first-order chi connectivity index (χ1) is 9.11. The normalized spacial score (nSPS) is 28.1. The topological polar surface area (TPSA) is 52.7 Å². The van der Waals surface area contributed by atoms with Gasteiger partial charge in [-0.15, -0.1) is 0 Å². The number of hydrogen-bond acceptors (Lipinski definition) is 2. The molecule has 5 nitrogen and oxygen atoms in total. The van der Waals surface area contributed by atoms with Gasteiger partial charge in [0.05, 0.1) is 5.92 Å². The summed E-state index contributed by atoms with van der Waals surface area (Å²) in [5, 5.41) is 2.69. The molecule has 0 aromatic heterocycles. The molecule has 2 heterocycles. The van der Waals surface area contributed by atoms with Crippen molar-refractivity contribution >= 4 is 11.9 Å². The molecule has 3 amide bonds. The van der Waals surface area contributed by atoms with Crippen LogP contribution in [0.5, 0.6) is 0 Å². The van der Waals surface area contributed by atoms with E-state index >= 15 is 0 Å². The number of amides is 3. The van der Waals surface area contributed by atoms with E-state index in [-0.39, 0.29) is 17.9 Å². The Labute approximate surface area is 115 Å². The van der Waals surface area contributed by atoms with E-state index in [9.17, 15) is 9.59 Å². The monoisotopic (exact) mass is 267 g/mol. The minimum atomic E-state index is -0.0371. The molecule has 0 radical (unpaired) electrons. The minimum Gasteiger partial charge on any atom is -0.359 e. The van der Waals surface area contributed by atoms with Crippen LogP contribution in [0.4, 0.5) is 4.79 Å². The highest BCUT2D eigenvalue weighted by molar-refractivity contribution is 5.80. The number of urea groups is 1. The molecule has 2 aliphatic heterocycles. The largest absolute Gasteiger partial charge is 0.359 e. The predicted molar refractivity (Wildman–Crippen MR) is 73.7 cm³/mol. The lowest BCUT2D eigenvalue weighted by molar-refractivity contribution is -0.125. The summed E-state index contributed by atoms with van der Waals surface area (Å²) in [7, 11) is 1.66. The van der Waals surface area contributed by atoms with Gasteiger partial charge in [-0.3, -0.25) is 4.79 Å². The molecule has 2 unspecified atom stereocenters. The van der Waals surface area contributed by atoms with Crippen LogP contribution in [0, 0.1) is 11.8 Å². The molecule has 2 aliphatic rings. The van der Waals surface area contributed by atoms with Crippen molar-refractivity contribution in [3.63, 3.8) is 0 Å². The average Bonchev–Trinajstić information content (AvgIpc) is 2.45. The molecule has 0 saturated carbocycles. The SMILES string of the molecule is CNC(=O)C1CCCN(C(=O)N2CCCC(C)C2)C1. The average molecular weight is 267 g/mol. The third kappa shape index (κ3) is 3.39. The van der Waals surface area contributed by atoms with Crippen LogP contribution >= 0.6 is 0 Å². The Bertz CT molecular complexity index is 346. The number of nitrogens with one attached hydrogen (secondary N) is 1. The van der Waals surface area contributed by atoms with Gasteiger partial charge in [-0.2, -0.15) is 0 Å². The van der Waals surface area contributed by atoms with E-state index in [0.29, 0.717) is 12.5 Å². The molecule has 0 aromatic rings. The van der Waals surface area contributed by atoms with E-state index in [0.717, 1.165) is 38.9 Å². The second-order valence-electron chi connectivity index (χ2n) is 5.88. The Balaban J connectivity index is 1.93. The third-order valence-corrected chi connectivity index (χ3v) is 4.24. The van der Waals surface area contributed by atoms with Gasteiger partial charge in [0.15, 0.2) is 0 Å². The molecule has 19 heavy (non-hydrogen) atoms. The van der Waals surface area contributed by atoms with Crippen LogP contribution < -0.4 is 5.32 Å². The van der Waals surface area contributed by atoms with Crippen LogP contribution in [0.25, 0.3) is 0 Å². The van der Waals surface area contributed by atoms with Gasteiger partial charge in [0.2, 0.25) is 5.91 Å². The Kier molecular flexibility index (Phi) is 4.66. The maximum atomic E-state index is 12.5. The van der Waals surface area contributed by atoms with E-state index in [1.807, 2.05) is 9.80 Å². The Hall–Kier alpha value is -1.26. The van der Waals surface area contributed by atoms with Crippen molar-refractivity contribution in [3.8, 4) is 0 Å². The van der Waals surface area contributed by atoms with E-state index in [4.69, 9.17) is 0 Å². The predicted octanol–water partition coefficient (Wildman–Crippen LogP) is 1.30. The number of piperidine rings is 2. The zero-order chi connectivity index (χ0) is 13.8. The van der Waals surface area contributed by atoms with Gasteiger partial charge in [-0.1, -0.05) is 6.92 Å². The van der Waals surface area contributed by atoms with Gasteiger partial charge in [-0.25, -0.2) is 4.79 Å². The van der Waals surface area contributed by atoms with E-state index in [2.05, 4.69) is 12.2 Å². The van der Waals surface area contributed by atoms with Gasteiger partial charge < -0.3 is 15.1 Å². The number of carbonyl (C=O) groups is 2. The fraction of sp³-hybridized carbons (Fsp3) is 0.857. The second kappa shape index (κ2) is 6.26. The molecule has 0 aliphatic carbocycles. The number of hydrogen-bond donors (Lipinski definition) is 1. The molecule has 2 rings (SSSR count). The lowest BCUT2D eigenvalue weighted by atomic mass is 9.97. The number of rotatable bonds is 1. The van der Waals surface area contributed by atoms with Gasteiger partial charge in [0.1, 0.15) is 0 Å². The quantitative estimate of drug-likeness (QED) is 0.778. The molecule has 0 aromatic carbocycles. The summed E-state index contributed by atoms with van der Waals surface area (Å²) in [5.41, 5.74) is 0. The molecule has 0 bridgehead atoms. The van der Waals surface area contributed by atoms with E-state index in [1.165, 1.54) is 6.42 Å². The van der Waals surface area contributed by atoms with Crippen LogP contribution in [-0.2, 0) is 4.79 Å². The zero-order valence-corrected chi connectivity index (χ0v) is 12.0. The molecular formula is C14H25N3O2. The Morgan fingerprint density at radius 2 is 1.68 bits per heavy atom. The van der Waals surface area contributed by atoms with Crippen molar-refractivity contribution in [2.75, 3.05) is 33.2 Å². The summed E-state index contributed by atoms with van der Waals surface area (Å²) in [4.78, 5) is 28.0. The minimum absolute atomic E-state index is 0.0371. The first-order valence-corrected chi connectivity index (χ1v) is 7.37. The van der Waals surface area contributed by atoms with Crippen LogP contribution in [0.1, 0.15) is 32.6 Å². The number of nitrogens with zero attached hydrogens (tertiary/aromatic N) is 2. The van der Waals surface area contributed by atoms with Gasteiger partial charge in [-0.05, 0) is 31.6 Å². The van der Waals surface area contributed by atoms with Crippen molar-refractivity contribution in [1.82, 2.24) is 15.1 Å². The van der Waals surface area contributed by atoms with E-state index in [1.54, 1.807) is 7.05 Å². The van der Waals surface area contributed by atoms with Gasteiger partial charge in [0, 0.05) is 33.2 Å². The molecule has 2 atom stereocenters. The van der Waals surface area contributed by atoms with Gasteiger partial charge >= 0.3 is 6.03 Å². The van der Waals surface area contributed by atoms with Crippen LogP contribution in [0.15, 0.2) is 0 Å². The van der Waals surface area contributed by atoms with Crippen LogP contribution in [0.3, 0.4) is 0 Å². The summed E-state index contributed by atoms with van der Waals surface area (Å²) in [5.74, 6) is 0.617.